The average molecular weight is 474 g/mol. The average Bonchev–Trinajstić information content (AvgIpc) is 3.13. The normalized spacial score (nSPS) is 17.6. The van der Waals surface area contributed by atoms with Crippen LogP contribution in [0.15, 0.2) is 23.2 Å². The van der Waals surface area contributed by atoms with Gasteiger partial charge in [0.2, 0.25) is 5.95 Å². The highest BCUT2D eigenvalue weighted by Crippen LogP contribution is 2.37. The Bertz CT molecular complexity index is 1300. The van der Waals surface area contributed by atoms with Crippen molar-refractivity contribution in [2.45, 2.75) is 64.3 Å². The van der Waals surface area contributed by atoms with Crippen molar-refractivity contribution in [1.29, 1.82) is 0 Å². The van der Waals surface area contributed by atoms with Crippen molar-refractivity contribution in [2.24, 2.45) is 5.92 Å². The van der Waals surface area contributed by atoms with Gasteiger partial charge >= 0.3 is 0 Å². The third-order valence-corrected chi connectivity index (χ3v) is 7.51. The molecule has 4 rings (SSSR count). The minimum absolute atomic E-state index is 0.119. The maximum Gasteiger partial charge on any atom is 0.226 e. The maximum absolute atomic E-state index is 12.3. The molecule has 178 valence electrons. The summed E-state index contributed by atoms with van der Waals surface area (Å²) in [6.07, 6.45) is 2.86. The van der Waals surface area contributed by atoms with Gasteiger partial charge in [0, 0.05) is 36.8 Å². The second kappa shape index (κ2) is 8.66. The van der Waals surface area contributed by atoms with Crippen LogP contribution in [0.2, 0.25) is 0 Å². The third kappa shape index (κ3) is 4.11. The molecular weight excluding hydrogens is 442 g/mol. The number of aryl methyl sites for hydroxylation is 1. The molecule has 2 aromatic heterocycles. The van der Waals surface area contributed by atoms with Gasteiger partial charge in [0.15, 0.2) is 9.84 Å². The number of imidazole rings is 1. The molecule has 9 nitrogen and oxygen atoms in total. The molecule has 0 bridgehead atoms. The van der Waals surface area contributed by atoms with Crippen molar-refractivity contribution < 1.29 is 18.6 Å². The van der Waals surface area contributed by atoms with Gasteiger partial charge in [-0.3, -0.25) is 0 Å². The number of nitrogens with zero attached hydrogens (tertiary/aromatic N) is 5. The Balaban J connectivity index is 1.83. The molecule has 1 aliphatic heterocycles. The Morgan fingerprint density at radius 2 is 1.94 bits per heavy atom. The number of aromatic nitrogens is 4. The highest BCUT2D eigenvalue weighted by Gasteiger charge is 2.35. The van der Waals surface area contributed by atoms with E-state index in [1.165, 1.54) is 0 Å². The van der Waals surface area contributed by atoms with Crippen LogP contribution in [0.1, 0.15) is 62.0 Å². The van der Waals surface area contributed by atoms with Gasteiger partial charge < -0.3 is 19.7 Å². The van der Waals surface area contributed by atoms with Gasteiger partial charge in [0.25, 0.3) is 0 Å². The van der Waals surface area contributed by atoms with E-state index in [1.807, 2.05) is 13.8 Å². The molecule has 2 atom stereocenters. The molecular formula is C23H31N5O4S. The molecule has 0 fully saturated rings. The zero-order valence-electron chi connectivity index (χ0n) is 19.6. The molecule has 0 saturated carbocycles. The number of benzene rings is 1. The molecule has 0 unspecified atom stereocenters. The van der Waals surface area contributed by atoms with Gasteiger partial charge in [-0.2, -0.15) is 0 Å². The van der Waals surface area contributed by atoms with Crippen LogP contribution in [0.4, 0.5) is 5.95 Å². The molecule has 0 radical (unpaired) electrons. The van der Waals surface area contributed by atoms with Crippen molar-refractivity contribution in [3.05, 3.63) is 41.0 Å². The molecule has 33 heavy (non-hydrogen) atoms. The summed E-state index contributed by atoms with van der Waals surface area (Å²) in [5.74, 6) is 1.58. The molecule has 3 aromatic rings. The molecule has 2 N–H and O–H groups in total. The van der Waals surface area contributed by atoms with E-state index in [0.717, 1.165) is 28.9 Å². The Labute approximate surface area is 194 Å². The van der Waals surface area contributed by atoms with E-state index in [1.54, 1.807) is 18.3 Å². The number of rotatable bonds is 6. The number of fused-ring (bicyclic) bond motifs is 3. The Kier molecular flexibility index (Phi) is 6.19. The van der Waals surface area contributed by atoms with Gasteiger partial charge in [0.05, 0.1) is 34.7 Å². The van der Waals surface area contributed by atoms with Crippen molar-refractivity contribution >= 4 is 26.8 Å². The second-order valence-corrected chi connectivity index (χ2v) is 11.0. The highest BCUT2D eigenvalue weighted by molar-refractivity contribution is 7.90. The largest absolute Gasteiger partial charge is 0.392 e. The van der Waals surface area contributed by atoms with E-state index in [9.17, 15) is 18.6 Å². The molecule has 0 spiro atoms. The topological polar surface area (TPSA) is 121 Å². The van der Waals surface area contributed by atoms with E-state index in [2.05, 4.69) is 28.3 Å². The van der Waals surface area contributed by atoms with E-state index in [4.69, 9.17) is 9.97 Å². The third-order valence-electron chi connectivity index (χ3n) is 6.33. The van der Waals surface area contributed by atoms with Crippen LogP contribution >= 0.6 is 0 Å². The van der Waals surface area contributed by atoms with Gasteiger partial charge in [-0.1, -0.05) is 20.8 Å². The predicted molar refractivity (Wildman–Crippen MR) is 126 cm³/mol. The fourth-order valence-electron chi connectivity index (χ4n) is 4.66. The second-order valence-electron chi connectivity index (χ2n) is 9.02. The first-order chi connectivity index (χ1) is 15.6. The van der Waals surface area contributed by atoms with Crippen molar-refractivity contribution in [3.8, 4) is 0 Å². The minimum atomic E-state index is -3.50. The maximum atomic E-state index is 12.3. The number of aliphatic hydroxyl groups is 2. The van der Waals surface area contributed by atoms with Crippen LogP contribution in [0.25, 0.3) is 11.0 Å². The molecule has 1 aliphatic rings. The van der Waals surface area contributed by atoms with Gasteiger partial charge in [0.1, 0.15) is 5.82 Å². The van der Waals surface area contributed by atoms with Gasteiger partial charge in [-0.05, 0) is 37.0 Å². The number of sulfone groups is 1. The summed E-state index contributed by atoms with van der Waals surface area (Å²) in [5.41, 5.74) is 3.24. The monoisotopic (exact) mass is 473 g/mol. The summed E-state index contributed by atoms with van der Waals surface area (Å²) in [5, 5.41) is 20.0. The highest BCUT2D eigenvalue weighted by atomic mass is 32.2. The van der Waals surface area contributed by atoms with E-state index in [-0.39, 0.29) is 23.5 Å². The molecule has 10 heteroatoms. The smallest absolute Gasteiger partial charge is 0.226 e. The Morgan fingerprint density at radius 3 is 2.52 bits per heavy atom. The summed E-state index contributed by atoms with van der Waals surface area (Å²) in [6.45, 7) is 8.87. The van der Waals surface area contributed by atoms with E-state index in [0.29, 0.717) is 36.5 Å². The molecule has 1 aromatic carbocycles. The summed E-state index contributed by atoms with van der Waals surface area (Å²) in [4.78, 5) is 16.4. The fourth-order valence-corrected chi connectivity index (χ4v) is 5.59. The van der Waals surface area contributed by atoms with Crippen LogP contribution in [0, 0.1) is 12.8 Å². The van der Waals surface area contributed by atoms with Gasteiger partial charge in [-0.15, -0.1) is 0 Å². The zero-order valence-corrected chi connectivity index (χ0v) is 20.5. The lowest BCUT2D eigenvalue weighted by atomic mass is 10.00. The first kappa shape index (κ1) is 23.6. The van der Waals surface area contributed by atoms with Crippen LogP contribution in [-0.4, -0.2) is 51.0 Å². The standard InChI is InChI=1S/C23H31N5O4S/c1-6-19(30)16-11-24-23(25-14(16)4)28-8-7-27-18-10-20(33(5,31)32)15(12-29)9-17(18)26-22(27)21(28)13(2)3/h9-11,13,19,21,29-30H,6-8,12H2,1-5H3/t19-,21+/m0/s1. The summed E-state index contributed by atoms with van der Waals surface area (Å²) < 4.78 is 26.7. The van der Waals surface area contributed by atoms with Crippen LogP contribution in [0.3, 0.4) is 0 Å². The van der Waals surface area contributed by atoms with Crippen LogP contribution in [0.5, 0.6) is 0 Å². The first-order valence-corrected chi connectivity index (χ1v) is 13.1. The summed E-state index contributed by atoms with van der Waals surface area (Å²) in [6, 6.07) is 3.17. The molecule has 3 heterocycles. The van der Waals surface area contributed by atoms with E-state index < -0.39 is 15.9 Å². The summed E-state index contributed by atoms with van der Waals surface area (Å²) >= 11 is 0. The Morgan fingerprint density at radius 1 is 1.21 bits per heavy atom. The van der Waals surface area contributed by atoms with Crippen LogP contribution < -0.4 is 4.90 Å². The number of hydrogen-bond acceptors (Lipinski definition) is 8. The van der Waals surface area contributed by atoms with Crippen molar-refractivity contribution in [1.82, 2.24) is 19.5 Å². The SMILES string of the molecule is CC[C@H](O)c1cnc(N2CCn3c(nc4cc(CO)c(S(C)(=O)=O)cc43)[C@H]2C(C)C)nc1C. The lowest BCUT2D eigenvalue weighted by Crippen LogP contribution is -2.42. The predicted octanol–water partition coefficient (Wildman–Crippen LogP) is 2.69. The molecule has 0 saturated heterocycles. The van der Waals surface area contributed by atoms with Crippen molar-refractivity contribution in [3.63, 3.8) is 0 Å². The lowest BCUT2D eigenvalue weighted by molar-refractivity contribution is 0.172. The quantitative estimate of drug-likeness (QED) is 0.560. The van der Waals surface area contributed by atoms with Crippen molar-refractivity contribution in [2.75, 3.05) is 17.7 Å². The first-order valence-electron chi connectivity index (χ1n) is 11.2. The lowest BCUT2D eigenvalue weighted by Gasteiger charge is -2.38. The fraction of sp³-hybridized carbons (Fsp3) is 0.522. The number of aliphatic hydroxyl groups excluding tert-OH is 2. The van der Waals surface area contributed by atoms with E-state index >= 15 is 0 Å². The number of anilines is 1. The summed E-state index contributed by atoms with van der Waals surface area (Å²) in [7, 11) is -3.50. The molecule has 0 amide bonds. The molecule has 0 aliphatic carbocycles. The zero-order chi connectivity index (χ0) is 24.1. The number of hydrogen-bond donors (Lipinski definition) is 2. The Hall–Kier alpha value is -2.56. The van der Waals surface area contributed by atoms with Gasteiger partial charge in [-0.25, -0.2) is 23.4 Å². The van der Waals surface area contributed by atoms with Crippen LogP contribution in [-0.2, 0) is 23.0 Å². The minimum Gasteiger partial charge on any atom is -0.392 e.